The molecule has 1 saturated carbocycles. The van der Waals surface area contributed by atoms with Crippen LogP contribution in [0.15, 0.2) is 23.2 Å². The van der Waals surface area contributed by atoms with Crippen molar-refractivity contribution in [3.8, 4) is 0 Å². The average Bonchev–Trinajstić information content (AvgIpc) is 3.01. The normalized spacial score (nSPS) is 16.6. The van der Waals surface area contributed by atoms with Crippen LogP contribution < -0.4 is 10.5 Å². The molecule has 0 saturated heterocycles. The fraction of sp³-hybridized carbons (Fsp3) is 0.444. The van der Waals surface area contributed by atoms with E-state index in [2.05, 4.69) is 9.71 Å². The van der Waals surface area contributed by atoms with Crippen LogP contribution in [0, 0.1) is 0 Å². The molecule has 0 atom stereocenters. The zero-order valence-electron chi connectivity index (χ0n) is 8.18. The first-order valence-electron chi connectivity index (χ1n) is 4.79. The van der Waals surface area contributed by atoms with Gasteiger partial charge < -0.3 is 5.73 Å². The Morgan fingerprint density at radius 2 is 2.20 bits per heavy atom. The maximum Gasteiger partial charge on any atom is 0.242 e. The van der Waals surface area contributed by atoms with Gasteiger partial charge in [0.15, 0.2) is 0 Å². The lowest BCUT2D eigenvalue weighted by atomic mass is 10.4. The molecule has 1 aromatic heterocycles. The van der Waals surface area contributed by atoms with Crippen molar-refractivity contribution in [1.82, 2.24) is 9.71 Å². The molecule has 0 spiro atoms. The summed E-state index contributed by atoms with van der Waals surface area (Å²) in [4.78, 5) is 4.15. The van der Waals surface area contributed by atoms with E-state index in [1.165, 1.54) is 12.3 Å². The van der Waals surface area contributed by atoms with Crippen LogP contribution in [-0.4, -0.2) is 19.4 Å². The predicted octanol–water partition coefficient (Wildman–Crippen LogP) is -0.0190. The van der Waals surface area contributed by atoms with E-state index in [1.807, 2.05) is 0 Å². The molecule has 82 valence electrons. The first-order valence-corrected chi connectivity index (χ1v) is 6.27. The lowest BCUT2D eigenvalue weighted by Gasteiger charge is -2.05. The van der Waals surface area contributed by atoms with Gasteiger partial charge in [-0.1, -0.05) is 0 Å². The Kier molecular flexibility index (Phi) is 2.72. The number of rotatable bonds is 4. The number of hydrogen-bond donors (Lipinski definition) is 2. The lowest BCUT2D eigenvalue weighted by Crippen LogP contribution is -2.25. The van der Waals surface area contributed by atoms with E-state index in [0.29, 0.717) is 12.2 Å². The van der Waals surface area contributed by atoms with E-state index in [4.69, 9.17) is 5.73 Å². The van der Waals surface area contributed by atoms with Crippen molar-refractivity contribution in [2.75, 3.05) is 0 Å². The first-order chi connectivity index (χ1) is 7.12. The topological polar surface area (TPSA) is 85.1 Å². The number of sulfonamides is 1. The fourth-order valence-electron chi connectivity index (χ4n) is 1.18. The highest BCUT2D eigenvalue weighted by Crippen LogP contribution is 2.21. The van der Waals surface area contributed by atoms with Gasteiger partial charge in [0.25, 0.3) is 0 Å². The minimum Gasteiger partial charge on any atom is -0.325 e. The summed E-state index contributed by atoms with van der Waals surface area (Å²) in [6.45, 7) is 0.316. The summed E-state index contributed by atoms with van der Waals surface area (Å²) in [7, 11) is -3.38. The van der Waals surface area contributed by atoms with Crippen LogP contribution in [0.4, 0.5) is 0 Å². The molecule has 3 N–H and O–H groups in total. The van der Waals surface area contributed by atoms with E-state index < -0.39 is 10.0 Å². The molecule has 5 nitrogen and oxygen atoms in total. The number of nitrogens with zero attached hydrogens (tertiary/aromatic N) is 1. The maximum atomic E-state index is 11.7. The molecule has 0 bridgehead atoms. The van der Waals surface area contributed by atoms with Gasteiger partial charge in [0.1, 0.15) is 4.90 Å². The van der Waals surface area contributed by atoms with Crippen molar-refractivity contribution in [2.24, 2.45) is 5.73 Å². The molecule has 2 rings (SSSR count). The largest absolute Gasteiger partial charge is 0.325 e. The van der Waals surface area contributed by atoms with E-state index >= 15 is 0 Å². The fourth-order valence-corrected chi connectivity index (χ4v) is 2.43. The van der Waals surface area contributed by atoms with E-state index in [0.717, 1.165) is 12.8 Å². The molecular weight excluding hydrogens is 214 g/mol. The lowest BCUT2D eigenvalue weighted by molar-refractivity contribution is 0.580. The van der Waals surface area contributed by atoms with Crippen LogP contribution in [0.1, 0.15) is 18.5 Å². The highest BCUT2D eigenvalue weighted by Gasteiger charge is 2.27. The standard InChI is InChI=1S/C9H13N3O2S/c10-5-8-3-4-9(6-11-8)15(13,14)12-7-1-2-7/h3-4,6-7,12H,1-2,5,10H2. The van der Waals surface area contributed by atoms with Crippen LogP contribution in [0.25, 0.3) is 0 Å². The molecule has 1 aliphatic carbocycles. The summed E-state index contributed by atoms with van der Waals surface area (Å²) >= 11 is 0. The number of nitrogens with two attached hydrogens (primary N) is 1. The smallest absolute Gasteiger partial charge is 0.242 e. The predicted molar refractivity (Wildman–Crippen MR) is 55.5 cm³/mol. The molecule has 6 heteroatoms. The van der Waals surface area contributed by atoms with Crippen molar-refractivity contribution in [3.05, 3.63) is 24.0 Å². The van der Waals surface area contributed by atoms with E-state index in [-0.39, 0.29) is 10.9 Å². The monoisotopic (exact) mass is 227 g/mol. The van der Waals surface area contributed by atoms with Gasteiger partial charge in [-0.25, -0.2) is 13.1 Å². The van der Waals surface area contributed by atoms with Gasteiger partial charge in [-0.05, 0) is 25.0 Å². The Balaban J connectivity index is 2.19. The SMILES string of the molecule is NCc1ccc(S(=O)(=O)NC2CC2)cn1. The Morgan fingerprint density at radius 1 is 1.47 bits per heavy atom. The summed E-state index contributed by atoms with van der Waals surface area (Å²) in [6, 6.07) is 3.27. The van der Waals surface area contributed by atoms with Crippen molar-refractivity contribution >= 4 is 10.0 Å². The molecule has 1 fully saturated rings. The first kappa shape index (κ1) is 10.5. The highest BCUT2D eigenvalue weighted by atomic mass is 32.2. The average molecular weight is 227 g/mol. The van der Waals surface area contributed by atoms with Gasteiger partial charge in [-0.2, -0.15) is 0 Å². The van der Waals surface area contributed by atoms with Gasteiger partial charge in [-0.15, -0.1) is 0 Å². The number of pyridine rings is 1. The molecule has 15 heavy (non-hydrogen) atoms. The van der Waals surface area contributed by atoms with E-state index in [1.54, 1.807) is 6.07 Å². The van der Waals surface area contributed by atoms with Crippen molar-refractivity contribution in [1.29, 1.82) is 0 Å². The Morgan fingerprint density at radius 3 is 2.67 bits per heavy atom. The quantitative estimate of drug-likeness (QED) is 0.757. The minimum atomic E-state index is -3.38. The zero-order valence-corrected chi connectivity index (χ0v) is 9.00. The third-order valence-electron chi connectivity index (χ3n) is 2.22. The maximum absolute atomic E-state index is 11.7. The number of hydrogen-bond acceptors (Lipinski definition) is 4. The van der Waals surface area contributed by atoms with Crippen molar-refractivity contribution < 1.29 is 8.42 Å². The second-order valence-electron chi connectivity index (χ2n) is 3.58. The summed E-state index contributed by atoms with van der Waals surface area (Å²) in [5, 5.41) is 0. The van der Waals surface area contributed by atoms with E-state index in [9.17, 15) is 8.42 Å². The Bertz CT molecular complexity index is 437. The molecule has 1 aromatic rings. The summed E-state index contributed by atoms with van der Waals surface area (Å²) in [6.07, 6.45) is 3.19. The van der Waals surface area contributed by atoms with Gasteiger partial charge in [0, 0.05) is 18.8 Å². The molecule has 0 amide bonds. The molecule has 1 heterocycles. The third-order valence-corrected chi connectivity index (χ3v) is 3.72. The minimum absolute atomic E-state index is 0.115. The van der Waals surface area contributed by atoms with Crippen molar-refractivity contribution in [2.45, 2.75) is 30.3 Å². The second kappa shape index (κ2) is 3.88. The molecule has 0 unspecified atom stereocenters. The van der Waals surface area contributed by atoms with Gasteiger partial charge in [0.2, 0.25) is 10.0 Å². The molecule has 0 aromatic carbocycles. The van der Waals surface area contributed by atoms with Crippen LogP contribution in [0.5, 0.6) is 0 Å². The van der Waals surface area contributed by atoms with Crippen LogP contribution >= 0.6 is 0 Å². The third kappa shape index (κ3) is 2.53. The van der Waals surface area contributed by atoms with Crippen molar-refractivity contribution in [3.63, 3.8) is 0 Å². The van der Waals surface area contributed by atoms with Crippen LogP contribution in [0.3, 0.4) is 0 Å². The molecule has 0 aliphatic heterocycles. The van der Waals surface area contributed by atoms with Gasteiger partial charge >= 0.3 is 0 Å². The second-order valence-corrected chi connectivity index (χ2v) is 5.30. The summed E-state index contributed by atoms with van der Waals surface area (Å²) in [5.74, 6) is 0. The van der Waals surface area contributed by atoms with Crippen LogP contribution in [0.2, 0.25) is 0 Å². The highest BCUT2D eigenvalue weighted by molar-refractivity contribution is 7.89. The van der Waals surface area contributed by atoms with Gasteiger partial charge in [0.05, 0.1) is 5.69 Å². The van der Waals surface area contributed by atoms with Gasteiger partial charge in [-0.3, -0.25) is 4.98 Å². The molecule has 0 radical (unpaired) electrons. The summed E-state index contributed by atoms with van der Waals surface area (Å²) < 4.78 is 26.0. The summed E-state index contributed by atoms with van der Waals surface area (Å²) in [5.41, 5.74) is 6.05. The van der Waals surface area contributed by atoms with Crippen LogP contribution in [-0.2, 0) is 16.6 Å². The molecular formula is C9H13N3O2S. The number of nitrogens with one attached hydrogen (secondary N) is 1. The Hall–Kier alpha value is -0.980. The molecule has 1 aliphatic rings. The zero-order chi connectivity index (χ0) is 10.9. The number of aromatic nitrogens is 1. The Labute approximate surface area is 88.8 Å².